The van der Waals surface area contributed by atoms with Crippen LogP contribution in [0.25, 0.3) is 0 Å². The molecule has 0 radical (unpaired) electrons. The highest BCUT2D eigenvalue weighted by Crippen LogP contribution is 2.30. The lowest BCUT2D eigenvalue weighted by Gasteiger charge is -2.19. The summed E-state index contributed by atoms with van der Waals surface area (Å²) in [6, 6.07) is 11.6. The number of likely N-dealkylation sites (N-methyl/N-ethyl adjacent to an activating group) is 1. The van der Waals surface area contributed by atoms with Gasteiger partial charge in [0.15, 0.2) is 0 Å². The second kappa shape index (κ2) is 10.2. The lowest BCUT2D eigenvalue weighted by molar-refractivity contribution is -0.128. The van der Waals surface area contributed by atoms with E-state index in [1.54, 1.807) is 32.3 Å². The molecule has 0 atom stereocenters. The number of nitrogens with one attached hydrogen (secondary N) is 1. The highest BCUT2D eigenvalue weighted by Gasteiger charge is 2.31. The molecule has 8 heteroatoms. The lowest BCUT2D eigenvalue weighted by Crippen LogP contribution is -2.38. The second-order valence-electron chi connectivity index (χ2n) is 6.00. The van der Waals surface area contributed by atoms with E-state index in [0.29, 0.717) is 5.56 Å². The maximum Gasteiger partial charge on any atom is 0.285 e. The van der Waals surface area contributed by atoms with E-state index in [1.807, 2.05) is 0 Å². The quantitative estimate of drug-likeness (QED) is 0.733. The zero-order chi connectivity index (χ0) is 19.2. The number of hydrogen-bond donors (Lipinski definition) is 1. The highest BCUT2D eigenvalue weighted by atomic mass is 35.5. The van der Waals surface area contributed by atoms with E-state index in [4.69, 9.17) is 4.74 Å². The molecule has 2 rings (SSSR count). The molecule has 2 aromatic carbocycles. The SMILES string of the molecule is CN(C)C(=O)CNCC(F)(F)c1cccc(OCc2ccccc2F)c1.Cl. The van der Waals surface area contributed by atoms with Crippen LogP contribution in [0.2, 0.25) is 0 Å². The summed E-state index contributed by atoms with van der Waals surface area (Å²) >= 11 is 0. The molecule has 0 unspecified atom stereocenters. The van der Waals surface area contributed by atoms with Crippen LogP contribution in [-0.4, -0.2) is 38.0 Å². The van der Waals surface area contributed by atoms with Crippen LogP contribution in [0.3, 0.4) is 0 Å². The average Bonchev–Trinajstić information content (AvgIpc) is 2.61. The van der Waals surface area contributed by atoms with Crippen LogP contribution in [-0.2, 0) is 17.3 Å². The van der Waals surface area contributed by atoms with Crippen LogP contribution in [0.15, 0.2) is 48.5 Å². The first kappa shape index (κ1) is 22.8. The average molecular weight is 403 g/mol. The van der Waals surface area contributed by atoms with Crippen molar-refractivity contribution in [2.75, 3.05) is 27.2 Å². The molecular formula is C19H22ClF3N2O2. The number of carbonyl (C=O) groups excluding carboxylic acids is 1. The molecule has 0 spiro atoms. The topological polar surface area (TPSA) is 41.6 Å². The van der Waals surface area contributed by atoms with Crippen LogP contribution in [0.4, 0.5) is 13.2 Å². The molecule has 148 valence electrons. The molecule has 0 saturated heterocycles. The van der Waals surface area contributed by atoms with Crippen LogP contribution >= 0.6 is 12.4 Å². The molecule has 0 saturated carbocycles. The minimum atomic E-state index is -3.18. The molecule has 0 aromatic heterocycles. The fraction of sp³-hybridized carbons (Fsp3) is 0.316. The summed E-state index contributed by atoms with van der Waals surface area (Å²) in [5.74, 6) is -3.66. The third kappa shape index (κ3) is 6.77. The Morgan fingerprint density at radius 2 is 1.85 bits per heavy atom. The first-order chi connectivity index (χ1) is 12.3. The number of carbonyl (C=O) groups is 1. The number of hydrogen-bond acceptors (Lipinski definition) is 3. The number of amides is 1. The first-order valence-corrected chi connectivity index (χ1v) is 8.05. The molecule has 4 nitrogen and oxygen atoms in total. The standard InChI is InChI=1S/C19H21F3N2O2.ClH/c1-24(2)18(25)11-23-13-19(21,22)15-7-5-8-16(10-15)26-12-14-6-3-4-9-17(14)20;/h3-10,23H,11-13H2,1-2H3;1H. The van der Waals surface area contributed by atoms with Gasteiger partial charge in [-0.1, -0.05) is 30.3 Å². The van der Waals surface area contributed by atoms with Gasteiger partial charge in [-0.05, 0) is 18.2 Å². The van der Waals surface area contributed by atoms with E-state index in [2.05, 4.69) is 5.32 Å². The Hall–Kier alpha value is -2.25. The van der Waals surface area contributed by atoms with Gasteiger partial charge in [-0.2, -0.15) is 8.78 Å². The monoisotopic (exact) mass is 402 g/mol. The van der Waals surface area contributed by atoms with E-state index in [9.17, 15) is 18.0 Å². The Bertz CT molecular complexity index is 757. The lowest BCUT2D eigenvalue weighted by atomic mass is 10.1. The number of halogens is 4. The van der Waals surface area contributed by atoms with Crippen LogP contribution in [0.1, 0.15) is 11.1 Å². The van der Waals surface area contributed by atoms with Crippen molar-refractivity contribution in [2.45, 2.75) is 12.5 Å². The van der Waals surface area contributed by atoms with Crippen molar-refractivity contribution >= 4 is 18.3 Å². The molecule has 1 N–H and O–H groups in total. The number of ether oxygens (including phenoxy) is 1. The molecule has 2 aromatic rings. The summed E-state index contributed by atoms with van der Waals surface area (Å²) in [5, 5.41) is 2.46. The van der Waals surface area contributed by atoms with Gasteiger partial charge in [0.1, 0.15) is 18.2 Å². The van der Waals surface area contributed by atoms with Gasteiger partial charge in [0.2, 0.25) is 5.91 Å². The largest absolute Gasteiger partial charge is 0.489 e. The van der Waals surface area contributed by atoms with Crippen LogP contribution < -0.4 is 10.1 Å². The van der Waals surface area contributed by atoms with E-state index < -0.39 is 18.3 Å². The van der Waals surface area contributed by atoms with Crippen molar-refractivity contribution in [1.29, 1.82) is 0 Å². The normalized spacial score (nSPS) is 10.9. The van der Waals surface area contributed by atoms with Gasteiger partial charge in [-0.15, -0.1) is 12.4 Å². The smallest absolute Gasteiger partial charge is 0.285 e. The van der Waals surface area contributed by atoms with Gasteiger partial charge in [0, 0.05) is 25.2 Å². The van der Waals surface area contributed by atoms with Crippen molar-refractivity contribution < 1.29 is 22.7 Å². The van der Waals surface area contributed by atoms with Gasteiger partial charge in [-0.3, -0.25) is 4.79 Å². The zero-order valence-corrected chi connectivity index (χ0v) is 15.9. The van der Waals surface area contributed by atoms with Gasteiger partial charge < -0.3 is 15.0 Å². The zero-order valence-electron chi connectivity index (χ0n) is 15.0. The number of rotatable bonds is 8. The Morgan fingerprint density at radius 1 is 1.15 bits per heavy atom. The molecule has 0 aliphatic heterocycles. The third-order valence-corrected chi connectivity index (χ3v) is 3.73. The first-order valence-electron chi connectivity index (χ1n) is 8.05. The van der Waals surface area contributed by atoms with Crippen LogP contribution in [0.5, 0.6) is 5.75 Å². The Balaban J connectivity index is 0.00000364. The molecule has 27 heavy (non-hydrogen) atoms. The fourth-order valence-corrected chi connectivity index (χ4v) is 2.18. The van der Waals surface area contributed by atoms with Crippen LogP contribution in [0, 0.1) is 5.82 Å². The summed E-state index contributed by atoms with van der Waals surface area (Å²) in [6.07, 6.45) is 0. The predicted molar refractivity (Wildman–Crippen MR) is 99.9 cm³/mol. The summed E-state index contributed by atoms with van der Waals surface area (Å²) < 4.78 is 47.6. The summed E-state index contributed by atoms with van der Waals surface area (Å²) in [7, 11) is 3.11. The van der Waals surface area contributed by atoms with E-state index in [0.717, 1.165) is 0 Å². The Kier molecular flexibility index (Phi) is 8.59. The minimum absolute atomic E-state index is 0. The molecule has 0 bridgehead atoms. The second-order valence-corrected chi connectivity index (χ2v) is 6.00. The highest BCUT2D eigenvalue weighted by molar-refractivity contribution is 5.85. The van der Waals surface area contributed by atoms with Crippen molar-refractivity contribution in [3.8, 4) is 5.75 Å². The van der Waals surface area contributed by atoms with Crippen molar-refractivity contribution in [3.05, 3.63) is 65.5 Å². The molecule has 0 aliphatic rings. The summed E-state index contributed by atoms with van der Waals surface area (Å²) in [6.45, 7) is -0.910. The fourth-order valence-electron chi connectivity index (χ4n) is 2.18. The Morgan fingerprint density at radius 3 is 2.52 bits per heavy atom. The number of nitrogens with zero attached hydrogens (tertiary/aromatic N) is 1. The third-order valence-electron chi connectivity index (χ3n) is 3.73. The minimum Gasteiger partial charge on any atom is -0.489 e. The van der Waals surface area contributed by atoms with E-state index in [1.165, 1.54) is 35.2 Å². The summed E-state index contributed by atoms with van der Waals surface area (Å²) in [4.78, 5) is 12.8. The Labute approximate surface area is 162 Å². The van der Waals surface area contributed by atoms with Gasteiger partial charge >= 0.3 is 0 Å². The predicted octanol–water partition coefficient (Wildman–Crippen LogP) is 3.60. The van der Waals surface area contributed by atoms with Crippen molar-refractivity contribution in [3.63, 3.8) is 0 Å². The van der Waals surface area contributed by atoms with Crippen molar-refractivity contribution in [1.82, 2.24) is 10.2 Å². The van der Waals surface area contributed by atoms with E-state index in [-0.39, 0.29) is 42.8 Å². The summed E-state index contributed by atoms with van der Waals surface area (Å²) in [5.41, 5.74) is 0.0989. The number of benzene rings is 2. The molecule has 0 fully saturated rings. The maximum atomic E-state index is 14.3. The van der Waals surface area contributed by atoms with E-state index >= 15 is 0 Å². The van der Waals surface area contributed by atoms with Crippen molar-refractivity contribution in [2.24, 2.45) is 0 Å². The molecule has 0 heterocycles. The molecule has 1 amide bonds. The maximum absolute atomic E-state index is 14.3. The number of alkyl halides is 2. The van der Waals surface area contributed by atoms with Gasteiger partial charge in [0.05, 0.1) is 13.1 Å². The van der Waals surface area contributed by atoms with Gasteiger partial charge in [0.25, 0.3) is 5.92 Å². The molecule has 0 aliphatic carbocycles. The molecular weight excluding hydrogens is 381 g/mol. The van der Waals surface area contributed by atoms with Gasteiger partial charge in [-0.25, -0.2) is 4.39 Å².